The first-order chi connectivity index (χ1) is 12.6. The van der Waals surface area contributed by atoms with E-state index in [4.69, 9.17) is 0 Å². The van der Waals surface area contributed by atoms with Crippen molar-refractivity contribution < 1.29 is 4.79 Å². The van der Waals surface area contributed by atoms with Gasteiger partial charge in [0, 0.05) is 18.4 Å². The molecular formula is C20H20N4O2. The van der Waals surface area contributed by atoms with Crippen molar-refractivity contribution in [2.45, 2.75) is 38.8 Å². The summed E-state index contributed by atoms with van der Waals surface area (Å²) in [5.74, 6) is -0.218. The average Bonchev–Trinajstić information content (AvgIpc) is 3.14. The molecule has 1 amide bonds. The molecule has 6 heteroatoms. The van der Waals surface area contributed by atoms with Gasteiger partial charge in [0.15, 0.2) is 0 Å². The van der Waals surface area contributed by atoms with Gasteiger partial charge in [-0.1, -0.05) is 18.2 Å². The number of nitrogens with zero attached hydrogens (tertiary/aromatic N) is 3. The van der Waals surface area contributed by atoms with E-state index in [-0.39, 0.29) is 11.5 Å². The molecule has 0 saturated carbocycles. The van der Waals surface area contributed by atoms with Crippen LogP contribution in [0.3, 0.4) is 0 Å². The monoisotopic (exact) mass is 348 g/mol. The van der Waals surface area contributed by atoms with Gasteiger partial charge in [0.2, 0.25) is 5.91 Å². The van der Waals surface area contributed by atoms with E-state index in [1.807, 2.05) is 12.3 Å². The molecule has 0 saturated heterocycles. The second-order valence-corrected chi connectivity index (χ2v) is 6.67. The largest absolute Gasteiger partial charge is 0.350 e. The quantitative estimate of drug-likeness (QED) is 0.784. The third kappa shape index (κ3) is 2.98. The first kappa shape index (κ1) is 16.4. The number of benzene rings is 1. The Morgan fingerprint density at radius 2 is 2.12 bits per heavy atom. The highest BCUT2D eigenvalue weighted by molar-refractivity contribution is 5.81. The lowest BCUT2D eigenvalue weighted by molar-refractivity contribution is -0.124. The van der Waals surface area contributed by atoms with Crippen LogP contribution in [0.1, 0.15) is 36.2 Å². The van der Waals surface area contributed by atoms with Crippen LogP contribution in [0.2, 0.25) is 0 Å². The minimum absolute atomic E-state index is 0.211. The van der Waals surface area contributed by atoms with Crippen LogP contribution in [0.25, 0.3) is 10.9 Å². The lowest BCUT2D eigenvalue weighted by Crippen LogP contribution is -2.35. The fourth-order valence-electron chi connectivity index (χ4n) is 3.39. The van der Waals surface area contributed by atoms with Gasteiger partial charge in [-0.3, -0.25) is 19.1 Å². The summed E-state index contributed by atoms with van der Waals surface area (Å²) in [6.07, 6.45) is 6.49. The Hall–Kier alpha value is -3.02. The molecule has 132 valence electrons. The lowest BCUT2D eigenvalue weighted by Gasteiger charge is -2.15. The first-order valence-corrected chi connectivity index (χ1v) is 8.84. The highest BCUT2D eigenvalue weighted by Gasteiger charge is 2.18. The third-order valence-electron chi connectivity index (χ3n) is 4.93. The number of carbonyl (C=O) groups excluding carboxylic acids is 1. The summed E-state index contributed by atoms with van der Waals surface area (Å²) in [6, 6.07) is 8.61. The molecule has 6 nitrogen and oxygen atoms in total. The van der Waals surface area contributed by atoms with Crippen LogP contribution in [-0.2, 0) is 24.2 Å². The summed E-state index contributed by atoms with van der Waals surface area (Å²) in [5.41, 5.74) is 3.85. The van der Waals surface area contributed by atoms with E-state index in [1.54, 1.807) is 25.1 Å². The van der Waals surface area contributed by atoms with Crippen molar-refractivity contribution in [3.8, 4) is 0 Å². The third-order valence-corrected chi connectivity index (χ3v) is 4.93. The van der Waals surface area contributed by atoms with Crippen LogP contribution < -0.4 is 10.9 Å². The van der Waals surface area contributed by atoms with Gasteiger partial charge in [-0.05, 0) is 49.4 Å². The van der Waals surface area contributed by atoms with Gasteiger partial charge in [-0.15, -0.1) is 0 Å². The fraction of sp³-hybridized carbons (Fsp3) is 0.300. The summed E-state index contributed by atoms with van der Waals surface area (Å²) in [6.45, 7) is 2.10. The van der Waals surface area contributed by atoms with Gasteiger partial charge in [0.25, 0.3) is 5.56 Å². The van der Waals surface area contributed by atoms with Gasteiger partial charge in [0.1, 0.15) is 6.04 Å². The first-order valence-electron chi connectivity index (χ1n) is 8.84. The molecule has 4 rings (SSSR count). The molecule has 1 unspecified atom stereocenters. The predicted octanol–water partition coefficient (Wildman–Crippen LogP) is 2.16. The van der Waals surface area contributed by atoms with E-state index in [1.165, 1.54) is 22.2 Å². The molecule has 1 aromatic carbocycles. The molecule has 0 bridgehead atoms. The van der Waals surface area contributed by atoms with Gasteiger partial charge in [-0.25, -0.2) is 4.98 Å². The predicted molar refractivity (Wildman–Crippen MR) is 98.8 cm³/mol. The number of nitrogens with one attached hydrogen (secondary N) is 1. The van der Waals surface area contributed by atoms with Crippen molar-refractivity contribution >= 4 is 16.8 Å². The molecule has 0 aliphatic heterocycles. The lowest BCUT2D eigenvalue weighted by atomic mass is 10.1. The standard InChI is InChI=1S/C20H20N4O2/c1-13(24-12-23-18-7-3-2-6-16(18)20(24)26)19(25)22-11-14-9-15-5-4-8-17(15)21-10-14/h2-3,6-7,9-10,12-13H,4-5,8,11H2,1H3,(H,22,25). The fourth-order valence-corrected chi connectivity index (χ4v) is 3.39. The van der Waals surface area contributed by atoms with Gasteiger partial charge in [-0.2, -0.15) is 0 Å². The summed E-state index contributed by atoms with van der Waals surface area (Å²) in [7, 11) is 0. The minimum Gasteiger partial charge on any atom is -0.350 e. The molecule has 1 aliphatic rings. The molecule has 0 radical (unpaired) electrons. The zero-order chi connectivity index (χ0) is 18.1. The Labute approximate surface area is 150 Å². The highest BCUT2D eigenvalue weighted by Crippen LogP contribution is 2.20. The van der Waals surface area contributed by atoms with Gasteiger partial charge in [0.05, 0.1) is 17.2 Å². The topological polar surface area (TPSA) is 76.9 Å². The van der Waals surface area contributed by atoms with Crippen LogP contribution in [0.5, 0.6) is 0 Å². The highest BCUT2D eigenvalue weighted by atomic mass is 16.2. The summed E-state index contributed by atoms with van der Waals surface area (Å²) in [5, 5.41) is 3.41. The van der Waals surface area contributed by atoms with E-state index >= 15 is 0 Å². The van der Waals surface area contributed by atoms with Gasteiger partial charge < -0.3 is 5.32 Å². The number of aryl methyl sites for hydroxylation is 2. The number of hydrogen-bond acceptors (Lipinski definition) is 4. The van der Waals surface area contributed by atoms with Crippen LogP contribution in [0, 0.1) is 0 Å². The second kappa shape index (κ2) is 6.71. The molecule has 1 aliphatic carbocycles. The number of pyridine rings is 1. The van der Waals surface area contributed by atoms with Crippen LogP contribution in [-0.4, -0.2) is 20.4 Å². The smallest absolute Gasteiger partial charge is 0.261 e. The SMILES string of the molecule is CC(C(=O)NCc1cnc2c(c1)CCC2)n1cnc2ccccc2c1=O. The maximum absolute atomic E-state index is 12.6. The zero-order valence-electron chi connectivity index (χ0n) is 14.6. The maximum atomic E-state index is 12.6. The molecule has 2 aromatic heterocycles. The van der Waals surface area contributed by atoms with Crippen molar-refractivity contribution in [1.29, 1.82) is 0 Å². The molecule has 1 atom stereocenters. The van der Waals surface area contributed by atoms with Crippen molar-refractivity contribution in [3.05, 3.63) is 70.0 Å². The van der Waals surface area contributed by atoms with Crippen LogP contribution in [0.15, 0.2) is 47.7 Å². The van der Waals surface area contributed by atoms with E-state index < -0.39 is 6.04 Å². The number of rotatable bonds is 4. The average molecular weight is 348 g/mol. The number of carbonyl (C=O) groups is 1. The van der Waals surface area contributed by atoms with E-state index in [0.717, 1.165) is 24.8 Å². The summed E-state index contributed by atoms with van der Waals surface area (Å²) < 4.78 is 1.37. The van der Waals surface area contributed by atoms with Crippen molar-refractivity contribution in [2.24, 2.45) is 0 Å². The number of fused-ring (bicyclic) bond motifs is 2. The van der Waals surface area contributed by atoms with E-state index in [0.29, 0.717) is 17.4 Å². The van der Waals surface area contributed by atoms with Crippen molar-refractivity contribution in [1.82, 2.24) is 19.9 Å². The number of hydrogen-bond donors (Lipinski definition) is 1. The summed E-state index contributed by atoms with van der Waals surface area (Å²) >= 11 is 0. The Balaban J connectivity index is 1.50. The molecule has 26 heavy (non-hydrogen) atoms. The van der Waals surface area contributed by atoms with Crippen molar-refractivity contribution in [3.63, 3.8) is 0 Å². The minimum atomic E-state index is -0.637. The van der Waals surface area contributed by atoms with Crippen molar-refractivity contribution in [2.75, 3.05) is 0 Å². The molecule has 1 N–H and O–H groups in total. The Kier molecular flexibility index (Phi) is 4.24. The number of aromatic nitrogens is 3. The Bertz CT molecular complexity index is 1040. The number of para-hydroxylation sites is 1. The summed E-state index contributed by atoms with van der Waals surface area (Å²) in [4.78, 5) is 33.9. The Morgan fingerprint density at radius 1 is 1.27 bits per heavy atom. The Morgan fingerprint density at radius 3 is 3.00 bits per heavy atom. The van der Waals surface area contributed by atoms with Crippen LogP contribution in [0.4, 0.5) is 0 Å². The molecule has 0 spiro atoms. The second-order valence-electron chi connectivity index (χ2n) is 6.67. The normalized spacial score (nSPS) is 14.2. The molecule has 3 aromatic rings. The molecule has 0 fully saturated rings. The van der Waals surface area contributed by atoms with E-state index in [9.17, 15) is 9.59 Å². The van der Waals surface area contributed by atoms with Crippen LogP contribution >= 0.6 is 0 Å². The molecule has 2 heterocycles. The van der Waals surface area contributed by atoms with E-state index in [2.05, 4.69) is 21.4 Å². The van der Waals surface area contributed by atoms with Gasteiger partial charge >= 0.3 is 0 Å². The zero-order valence-corrected chi connectivity index (χ0v) is 14.6. The maximum Gasteiger partial charge on any atom is 0.261 e. The number of amides is 1. The molecular weight excluding hydrogens is 328 g/mol.